The van der Waals surface area contributed by atoms with Gasteiger partial charge in [-0.2, -0.15) is 0 Å². The van der Waals surface area contributed by atoms with Crippen molar-refractivity contribution in [3.63, 3.8) is 0 Å². The number of halogens is 3. The van der Waals surface area contributed by atoms with Gasteiger partial charge in [-0.25, -0.2) is 0 Å². The van der Waals surface area contributed by atoms with Crippen LogP contribution in [0.3, 0.4) is 0 Å². The Balaban J connectivity index is 1.31. The SMILES string of the molecule is FC(F)(F)Oc1ccc(CN2C3CC2CN(Cc2ccccn2)C3)cc1. The van der Waals surface area contributed by atoms with Crippen LogP contribution in [0.15, 0.2) is 48.7 Å². The highest BCUT2D eigenvalue weighted by molar-refractivity contribution is 5.28. The summed E-state index contributed by atoms with van der Waals surface area (Å²) in [5, 5.41) is 0. The van der Waals surface area contributed by atoms with Crippen LogP contribution in [0.4, 0.5) is 13.2 Å². The summed E-state index contributed by atoms with van der Waals surface area (Å²) < 4.78 is 40.6. The first kappa shape index (κ1) is 17.3. The molecule has 7 heteroatoms. The molecule has 26 heavy (non-hydrogen) atoms. The van der Waals surface area contributed by atoms with Crippen molar-refractivity contribution in [1.29, 1.82) is 0 Å². The van der Waals surface area contributed by atoms with Gasteiger partial charge in [-0.3, -0.25) is 14.8 Å². The number of ether oxygens (including phenoxy) is 1. The standard InChI is InChI=1S/C19H20F3N3O/c20-19(21,22)26-18-6-4-14(5-7-18)10-25-16-9-17(25)13-24(12-16)11-15-3-1-2-8-23-15/h1-8,16-17H,9-13H2. The minimum absolute atomic E-state index is 0.174. The zero-order valence-corrected chi connectivity index (χ0v) is 14.2. The number of hydrogen-bond acceptors (Lipinski definition) is 4. The average molecular weight is 363 g/mol. The highest BCUT2D eigenvalue weighted by atomic mass is 19.4. The van der Waals surface area contributed by atoms with Crippen molar-refractivity contribution >= 4 is 0 Å². The number of nitrogens with zero attached hydrogens (tertiary/aromatic N) is 3. The summed E-state index contributed by atoms with van der Waals surface area (Å²) in [5.74, 6) is -0.174. The number of benzene rings is 1. The fraction of sp³-hybridized carbons (Fsp3) is 0.421. The average Bonchev–Trinajstić information content (AvgIpc) is 2.60. The van der Waals surface area contributed by atoms with Crippen LogP contribution in [0.2, 0.25) is 0 Å². The predicted octanol–water partition coefficient (Wildman–Crippen LogP) is 3.44. The highest BCUT2D eigenvalue weighted by Gasteiger charge is 2.44. The molecule has 0 radical (unpaired) electrons. The molecule has 0 amide bonds. The summed E-state index contributed by atoms with van der Waals surface area (Å²) >= 11 is 0. The van der Waals surface area contributed by atoms with E-state index in [1.54, 1.807) is 12.1 Å². The molecular formula is C19H20F3N3O. The molecule has 3 aliphatic heterocycles. The molecule has 2 atom stereocenters. The van der Waals surface area contributed by atoms with Crippen molar-refractivity contribution in [1.82, 2.24) is 14.8 Å². The fourth-order valence-corrected chi connectivity index (χ4v) is 3.89. The van der Waals surface area contributed by atoms with E-state index >= 15 is 0 Å². The monoisotopic (exact) mass is 363 g/mol. The van der Waals surface area contributed by atoms with Gasteiger partial charge in [0.25, 0.3) is 0 Å². The molecule has 4 nitrogen and oxygen atoms in total. The van der Waals surface area contributed by atoms with E-state index in [1.807, 2.05) is 24.4 Å². The second kappa shape index (κ2) is 6.89. The lowest BCUT2D eigenvalue weighted by atomic mass is 9.86. The number of hydrogen-bond donors (Lipinski definition) is 0. The summed E-state index contributed by atoms with van der Waals surface area (Å²) in [5.41, 5.74) is 2.09. The van der Waals surface area contributed by atoms with Crippen LogP contribution >= 0.6 is 0 Å². The Morgan fingerprint density at radius 2 is 1.73 bits per heavy atom. The molecule has 5 rings (SSSR count). The van der Waals surface area contributed by atoms with Crippen LogP contribution in [0, 0.1) is 0 Å². The van der Waals surface area contributed by atoms with E-state index in [2.05, 4.69) is 19.5 Å². The Morgan fingerprint density at radius 1 is 1.00 bits per heavy atom. The Labute approximate surface area is 150 Å². The van der Waals surface area contributed by atoms with E-state index in [-0.39, 0.29) is 5.75 Å². The third kappa shape index (κ3) is 3.99. The quantitative estimate of drug-likeness (QED) is 0.814. The van der Waals surface area contributed by atoms with Gasteiger partial charge in [-0.15, -0.1) is 13.2 Å². The Bertz CT molecular complexity index is 724. The van der Waals surface area contributed by atoms with Crippen molar-refractivity contribution < 1.29 is 17.9 Å². The number of piperidine rings is 1. The number of alkyl halides is 3. The van der Waals surface area contributed by atoms with E-state index in [4.69, 9.17) is 0 Å². The summed E-state index contributed by atoms with van der Waals surface area (Å²) in [6, 6.07) is 13.2. The maximum atomic E-state index is 12.2. The molecule has 3 saturated heterocycles. The van der Waals surface area contributed by atoms with Crippen LogP contribution in [-0.2, 0) is 13.1 Å². The molecular weight excluding hydrogens is 343 g/mol. The second-order valence-corrected chi connectivity index (χ2v) is 6.92. The molecule has 3 fully saturated rings. The molecule has 0 N–H and O–H groups in total. The van der Waals surface area contributed by atoms with Gasteiger partial charge in [0.1, 0.15) is 5.75 Å². The largest absolute Gasteiger partial charge is 0.573 e. The Hall–Kier alpha value is -2.12. The summed E-state index contributed by atoms with van der Waals surface area (Å²) in [4.78, 5) is 9.25. The number of aromatic nitrogens is 1. The number of fused-ring (bicyclic) bond motifs is 2. The normalized spacial score (nSPS) is 23.5. The van der Waals surface area contributed by atoms with Gasteiger partial charge >= 0.3 is 6.36 Å². The van der Waals surface area contributed by atoms with E-state index in [9.17, 15) is 13.2 Å². The lowest BCUT2D eigenvalue weighted by Gasteiger charge is -2.56. The molecule has 0 spiro atoms. The van der Waals surface area contributed by atoms with Crippen molar-refractivity contribution in [2.24, 2.45) is 0 Å². The molecule has 2 bridgehead atoms. The maximum absolute atomic E-state index is 12.2. The molecule has 2 aromatic rings. The topological polar surface area (TPSA) is 28.6 Å². The van der Waals surface area contributed by atoms with Crippen LogP contribution in [0.1, 0.15) is 17.7 Å². The van der Waals surface area contributed by atoms with Crippen LogP contribution in [0.5, 0.6) is 5.75 Å². The molecule has 138 valence electrons. The smallest absolute Gasteiger partial charge is 0.406 e. The number of pyridine rings is 1. The second-order valence-electron chi connectivity index (χ2n) is 6.92. The van der Waals surface area contributed by atoms with Crippen molar-refractivity contribution in [2.75, 3.05) is 13.1 Å². The van der Waals surface area contributed by atoms with E-state index < -0.39 is 6.36 Å². The van der Waals surface area contributed by atoms with Crippen LogP contribution in [0.25, 0.3) is 0 Å². The Morgan fingerprint density at radius 3 is 2.35 bits per heavy atom. The van der Waals surface area contributed by atoms with Crippen LogP contribution < -0.4 is 4.74 Å². The van der Waals surface area contributed by atoms with E-state index in [0.29, 0.717) is 12.1 Å². The lowest BCUT2D eigenvalue weighted by molar-refractivity contribution is -0.274. The molecule has 2 unspecified atom stereocenters. The Kier molecular flexibility index (Phi) is 4.58. The predicted molar refractivity (Wildman–Crippen MR) is 90.4 cm³/mol. The fourth-order valence-electron chi connectivity index (χ4n) is 3.89. The minimum Gasteiger partial charge on any atom is -0.406 e. The zero-order valence-electron chi connectivity index (χ0n) is 14.2. The van der Waals surface area contributed by atoms with E-state index in [0.717, 1.165) is 37.4 Å². The third-order valence-corrected chi connectivity index (χ3v) is 5.05. The summed E-state index contributed by atoms with van der Waals surface area (Å²) in [6.07, 6.45) is -1.64. The van der Waals surface area contributed by atoms with Gasteiger partial charge in [0.15, 0.2) is 0 Å². The first-order valence-electron chi connectivity index (χ1n) is 8.69. The first-order chi connectivity index (χ1) is 12.5. The summed E-state index contributed by atoms with van der Waals surface area (Å²) in [6.45, 7) is 3.63. The third-order valence-electron chi connectivity index (χ3n) is 5.05. The number of piperazine rings is 1. The van der Waals surface area contributed by atoms with Gasteiger partial charge in [0, 0.05) is 44.5 Å². The molecule has 4 heterocycles. The maximum Gasteiger partial charge on any atom is 0.573 e. The number of rotatable bonds is 5. The van der Waals surface area contributed by atoms with E-state index in [1.165, 1.54) is 18.6 Å². The van der Waals surface area contributed by atoms with Gasteiger partial charge < -0.3 is 4.74 Å². The van der Waals surface area contributed by atoms with Crippen molar-refractivity contribution in [3.8, 4) is 5.75 Å². The first-order valence-corrected chi connectivity index (χ1v) is 8.69. The molecule has 1 aromatic heterocycles. The van der Waals surface area contributed by atoms with Crippen molar-refractivity contribution in [2.45, 2.75) is 38.0 Å². The zero-order chi connectivity index (χ0) is 18.1. The summed E-state index contributed by atoms with van der Waals surface area (Å²) in [7, 11) is 0. The molecule has 0 aliphatic carbocycles. The van der Waals surface area contributed by atoms with Gasteiger partial charge in [0.05, 0.1) is 5.69 Å². The molecule has 3 aliphatic rings. The van der Waals surface area contributed by atoms with Crippen LogP contribution in [-0.4, -0.2) is 46.3 Å². The minimum atomic E-state index is -4.65. The van der Waals surface area contributed by atoms with Gasteiger partial charge in [-0.05, 0) is 36.2 Å². The van der Waals surface area contributed by atoms with Gasteiger partial charge in [0.2, 0.25) is 0 Å². The van der Waals surface area contributed by atoms with Crippen molar-refractivity contribution in [3.05, 3.63) is 59.9 Å². The molecule has 0 saturated carbocycles. The van der Waals surface area contributed by atoms with Gasteiger partial charge in [-0.1, -0.05) is 18.2 Å². The highest BCUT2D eigenvalue weighted by Crippen LogP contribution is 2.34. The lowest BCUT2D eigenvalue weighted by Crippen LogP contribution is -2.67. The molecule has 1 aromatic carbocycles.